The summed E-state index contributed by atoms with van der Waals surface area (Å²) >= 11 is 0. The molecule has 24 heavy (non-hydrogen) atoms. The van der Waals surface area contributed by atoms with Crippen LogP contribution in [0, 0.1) is 11.8 Å². The second-order valence-electron chi connectivity index (χ2n) is 7.26. The van der Waals surface area contributed by atoms with E-state index in [1.807, 2.05) is 24.3 Å². The number of rotatable bonds is 6. The molecule has 1 aromatic rings. The van der Waals surface area contributed by atoms with Crippen molar-refractivity contribution >= 4 is 5.91 Å². The van der Waals surface area contributed by atoms with Gasteiger partial charge in [0.1, 0.15) is 5.75 Å². The van der Waals surface area contributed by atoms with Gasteiger partial charge in [0.25, 0.3) is 5.91 Å². The zero-order chi connectivity index (χ0) is 16.6. The van der Waals surface area contributed by atoms with Crippen molar-refractivity contribution in [2.75, 3.05) is 26.2 Å². The molecule has 1 aliphatic heterocycles. The summed E-state index contributed by atoms with van der Waals surface area (Å²) in [4.78, 5) is 12.2. The average Bonchev–Trinajstić information content (AvgIpc) is 2.66. The lowest BCUT2D eigenvalue weighted by molar-refractivity contribution is 0.0945. The Morgan fingerprint density at radius 1 is 1.04 bits per heavy atom. The summed E-state index contributed by atoms with van der Waals surface area (Å²) in [6.45, 7) is 3.67. The smallest absolute Gasteiger partial charge is 0.251 e. The summed E-state index contributed by atoms with van der Waals surface area (Å²) in [7, 11) is 0. The molecule has 2 N–H and O–H groups in total. The molecule has 1 aliphatic carbocycles. The number of carbonyl (C=O) groups is 1. The van der Waals surface area contributed by atoms with Crippen LogP contribution in [0.5, 0.6) is 5.75 Å². The highest BCUT2D eigenvalue weighted by Gasteiger charge is 2.15. The number of nitrogens with one attached hydrogen (secondary N) is 2. The fraction of sp³-hybridized carbons (Fsp3) is 0.650. The number of hydrogen-bond acceptors (Lipinski definition) is 3. The van der Waals surface area contributed by atoms with Crippen LogP contribution in [0.4, 0.5) is 0 Å². The normalized spacial score (nSPS) is 22.1. The standard InChI is InChI=1S/C20H30N2O2/c23-20(22-14-17-7-4-12-21-13-17)18-8-10-19(11-9-18)24-15-16-5-2-1-3-6-16/h8-11,16-17,21H,1-7,12-15H2,(H,22,23). The van der Waals surface area contributed by atoms with Gasteiger partial charge in [0.05, 0.1) is 6.61 Å². The minimum Gasteiger partial charge on any atom is -0.493 e. The maximum atomic E-state index is 12.2. The highest BCUT2D eigenvalue weighted by molar-refractivity contribution is 5.94. The lowest BCUT2D eigenvalue weighted by Gasteiger charge is -2.23. The van der Waals surface area contributed by atoms with Gasteiger partial charge in [-0.25, -0.2) is 0 Å². The van der Waals surface area contributed by atoms with E-state index in [9.17, 15) is 4.79 Å². The second kappa shape index (κ2) is 9.07. The molecule has 1 aromatic carbocycles. The number of ether oxygens (including phenoxy) is 1. The highest BCUT2D eigenvalue weighted by atomic mass is 16.5. The molecule has 4 nitrogen and oxygen atoms in total. The number of hydrogen-bond donors (Lipinski definition) is 2. The molecule has 2 fully saturated rings. The third-order valence-electron chi connectivity index (χ3n) is 5.28. The van der Waals surface area contributed by atoms with Crippen molar-refractivity contribution in [3.8, 4) is 5.75 Å². The average molecular weight is 330 g/mol. The summed E-state index contributed by atoms with van der Waals surface area (Å²) in [5, 5.41) is 6.43. The Kier molecular flexibility index (Phi) is 6.53. The lowest BCUT2D eigenvalue weighted by Crippen LogP contribution is -2.38. The van der Waals surface area contributed by atoms with Crippen molar-refractivity contribution in [3.05, 3.63) is 29.8 Å². The molecule has 0 aromatic heterocycles. The van der Waals surface area contributed by atoms with E-state index in [2.05, 4.69) is 10.6 Å². The molecule has 0 radical (unpaired) electrons. The summed E-state index contributed by atoms with van der Waals surface area (Å²) < 4.78 is 5.90. The van der Waals surface area contributed by atoms with Crippen LogP contribution in [0.25, 0.3) is 0 Å². The van der Waals surface area contributed by atoms with Gasteiger partial charge in [-0.15, -0.1) is 0 Å². The molecule has 1 atom stereocenters. The van der Waals surface area contributed by atoms with Crippen LogP contribution < -0.4 is 15.4 Å². The fourth-order valence-electron chi connectivity index (χ4n) is 3.71. The van der Waals surface area contributed by atoms with Gasteiger partial charge in [-0.1, -0.05) is 19.3 Å². The van der Waals surface area contributed by atoms with Crippen molar-refractivity contribution in [1.82, 2.24) is 10.6 Å². The first-order valence-electron chi connectivity index (χ1n) is 9.53. The predicted molar refractivity (Wildman–Crippen MR) is 96.4 cm³/mol. The molecule has 132 valence electrons. The van der Waals surface area contributed by atoms with E-state index < -0.39 is 0 Å². The molecule has 1 saturated carbocycles. The first-order valence-corrected chi connectivity index (χ1v) is 9.53. The summed E-state index contributed by atoms with van der Waals surface area (Å²) in [5.41, 5.74) is 0.712. The van der Waals surface area contributed by atoms with E-state index in [-0.39, 0.29) is 5.91 Å². The van der Waals surface area contributed by atoms with Gasteiger partial charge in [0.2, 0.25) is 0 Å². The van der Waals surface area contributed by atoms with Gasteiger partial charge in [0, 0.05) is 12.1 Å². The Bertz CT molecular complexity index is 503. The van der Waals surface area contributed by atoms with E-state index in [1.165, 1.54) is 44.9 Å². The predicted octanol–water partition coefficient (Wildman–Crippen LogP) is 3.38. The van der Waals surface area contributed by atoms with E-state index in [1.54, 1.807) is 0 Å². The minimum absolute atomic E-state index is 0.0133. The van der Waals surface area contributed by atoms with Gasteiger partial charge in [-0.2, -0.15) is 0 Å². The summed E-state index contributed by atoms with van der Waals surface area (Å²) in [5.74, 6) is 2.14. The van der Waals surface area contributed by atoms with Crippen molar-refractivity contribution in [2.45, 2.75) is 44.9 Å². The van der Waals surface area contributed by atoms with Gasteiger partial charge in [-0.3, -0.25) is 4.79 Å². The molecule has 4 heteroatoms. The fourth-order valence-corrected chi connectivity index (χ4v) is 3.71. The van der Waals surface area contributed by atoms with Crippen LogP contribution in [0.15, 0.2) is 24.3 Å². The van der Waals surface area contributed by atoms with E-state index in [4.69, 9.17) is 4.74 Å². The van der Waals surface area contributed by atoms with Crippen LogP contribution in [0.1, 0.15) is 55.3 Å². The molecular formula is C20H30N2O2. The molecule has 3 rings (SSSR count). The Morgan fingerprint density at radius 3 is 2.50 bits per heavy atom. The second-order valence-corrected chi connectivity index (χ2v) is 7.26. The summed E-state index contributed by atoms with van der Waals surface area (Å²) in [6.07, 6.45) is 9.02. The third-order valence-corrected chi connectivity index (χ3v) is 5.28. The van der Waals surface area contributed by atoms with Crippen LogP contribution in [0.2, 0.25) is 0 Å². The van der Waals surface area contributed by atoms with E-state index >= 15 is 0 Å². The first kappa shape index (κ1) is 17.3. The third kappa shape index (κ3) is 5.23. The molecule has 1 unspecified atom stereocenters. The van der Waals surface area contributed by atoms with Crippen molar-refractivity contribution in [1.29, 1.82) is 0 Å². The zero-order valence-corrected chi connectivity index (χ0v) is 14.6. The SMILES string of the molecule is O=C(NCC1CCCNC1)c1ccc(OCC2CCCCC2)cc1. The molecule has 0 spiro atoms. The first-order chi connectivity index (χ1) is 11.8. The van der Waals surface area contributed by atoms with Crippen molar-refractivity contribution in [3.63, 3.8) is 0 Å². The van der Waals surface area contributed by atoms with Crippen LogP contribution in [-0.2, 0) is 0 Å². The topological polar surface area (TPSA) is 50.4 Å². The Morgan fingerprint density at radius 2 is 1.79 bits per heavy atom. The lowest BCUT2D eigenvalue weighted by atomic mass is 9.90. The number of benzene rings is 1. The van der Waals surface area contributed by atoms with Gasteiger partial charge < -0.3 is 15.4 Å². The van der Waals surface area contributed by atoms with Gasteiger partial charge in [0.15, 0.2) is 0 Å². The molecule has 1 saturated heterocycles. The number of piperidine rings is 1. The van der Waals surface area contributed by atoms with Crippen LogP contribution in [-0.4, -0.2) is 32.1 Å². The largest absolute Gasteiger partial charge is 0.493 e. The Balaban J connectivity index is 1.42. The van der Waals surface area contributed by atoms with Gasteiger partial charge >= 0.3 is 0 Å². The minimum atomic E-state index is 0.0133. The maximum Gasteiger partial charge on any atom is 0.251 e. The number of carbonyl (C=O) groups excluding carboxylic acids is 1. The Labute approximate surface area is 145 Å². The molecule has 1 amide bonds. The van der Waals surface area contributed by atoms with Gasteiger partial charge in [-0.05, 0) is 74.9 Å². The summed E-state index contributed by atoms with van der Waals surface area (Å²) in [6, 6.07) is 7.56. The molecular weight excluding hydrogens is 300 g/mol. The quantitative estimate of drug-likeness (QED) is 0.841. The van der Waals surface area contributed by atoms with Crippen LogP contribution in [0.3, 0.4) is 0 Å². The van der Waals surface area contributed by atoms with Crippen LogP contribution >= 0.6 is 0 Å². The highest BCUT2D eigenvalue weighted by Crippen LogP contribution is 2.24. The van der Waals surface area contributed by atoms with E-state index in [0.29, 0.717) is 17.4 Å². The number of amides is 1. The van der Waals surface area contributed by atoms with Crippen molar-refractivity contribution < 1.29 is 9.53 Å². The zero-order valence-electron chi connectivity index (χ0n) is 14.6. The molecule has 1 heterocycles. The molecule has 0 bridgehead atoms. The maximum absolute atomic E-state index is 12.2. The van der Waals surface area contributed by atoms with Crippen molar-refractivity contribution in [2.24, 2.45) is 11.8 Å². The monoisotopic (exact) mass is 330 g/mol. The van der Waals surface area contributed by atoms with E-state index in [0.717, 1.165) is 32.0 Å². The molecule has 2 aliphatic rings. The Hall–Kier alpha value is -1.55.